The maximum atomic E-state index is 12.0. The van der Waals surface area contributed by atoms with Crippen molar-refractivity contribution in [1.82, 2.24) is 0 Å². The molecule has 0 aliphatic heterocycles. The van der Waals surface area contributed by atoms with E-state index in [-0.39, 0.29) is 11.4 Å². The summed E-state index contributed by atoms with van der Waals surface area (Å²) in [6.45, 7) is 9.57. The van der Waals surface area contributed by atoms with Crippen LogP contribution < -0.4 is 0 Å². The largest absolute Gasteiger partial charge is 0.465 e. The minimum Gasteiger partial charge on any atom is -0.465 e. The molecule has 0 saturated carbocycles. The van der Waals surface area contributed by atoms with Crippen LogP contribution in [-0.4, -0.2) is 12.6 Å². The highest BCUT2D eigenvalue weighted by atomic mass is 16.5. The SMILES string of the molecule is CCCCCC(=O)OCC(CCCC)(CCCC)CCCC. The second-order valence-electron chi connectivity index (χ2n) is 6.93. The van der Waals surface area contributed by atoms with Crippen molar-refractivity contribution in [2.45, 2.75) is 111 Å². The highest BCUT2D eigenvalue weighted by molar-refractivity contribution is 5.69. The fourth-order valence-electron chi connectivity index (χ4n) is 3.07. The van der Waals surface area contributed by atoms with Crippen molar-refractivity contribution < 1.29 is 9.53 Å². The second-order valence-corrected chi connectivity index (χ2v) is 6.93. The Kier molecular flexibility index (Phi) is 13.7. The third-order valence-corrected chi connectivity index (χ3v) is 4.71. The molecule has 0 heterocycles. The van der Waals surface area contributed by atoms with Gasteiger partial charge in [0.2, 0.25) is 0 Å². The number of esters is 1. The fourth-order valence-corrected chi connectivity index (χ4v) is 3.07. The number of hydrogen-bond acceptors (Lipinski definition) is 2. The van der Waals surface area contributed by atoms with E-state index < -0.39 is 0 Å². The summed E-state index contributed by atoms with van der Waals surface area (Å²) >= 11 is 0. The summed E-state index contributed by atoms with van der Waals surface area (Å²) in [6.07, 6.45) is 14.9. The average Bonchev–Trinajstić information content (AvgIpc) is 2.54. The van der Waals surface area contributed by atoms with Gasteiger partial charge in [-0.3, -0.25) is 4.79 Å². The minimum atomic E-state index is 0.0160. The van der Waals surface area contributed by atoms with Gasteiger partial charge in [-0.05, 0) is 25.7 Å². The van der Waals surface area contributed by atoms with Crippen LogP contribution in [0.5, 0.6) is 0 Å². The van der Waals surface area contributed by atoms with Crippen molar-refractivity contribution in [3.63, 3.8) is 0 Å². The average molecular weight is 313 g/mol. The molecule has 132 valence electrons. The lowest BCUT2D eigenvalue weighted by Gasteiger charge is -2.34. The number of carbonyl (C=O) groups excluding carboxylic acids is 1. The van der Waals surface area contributed by atoms with Crippen LogP contribution in [0.4, 0.5) is 0 Å². The molecule has 2 nitrogen and oxygen atoms in total. The van der Waals surface area contributed by atoms with Gasteiger partial charge in [-0.2, -0.15) is 0 Å². The van der Waals surface area contributed by atoms with Crippen molar-refractivity contribution in [2.24, 2.45) is 5.41 Å². The van der Waals surface area contributed by atoms with Crippen molar-refractivity contribution in [3.8, 4) is 0 Å². The molecule has 0 radical (unpaired) electrons. The van der Waals surface area contributed by atoms with Gasteiger partial charge in [0.15, 0.2) is 0 Å². The Balaban J connectivity index is 4.53. The number of unbranched alkanes of at least 4 members (excludes halogenated alkanes) is 5. The zero-order valence-corrected chi connectivity index (χ0v) is 15.7. The fraction of sp³-hybridized carbons (Fsp3) is 0.950. The van der Waals surface area contributed by atoms with Gasteiger partial charge in [0.25, 0.3) is 0 Å². The summed E-state index contributed by atoms with van der Waals surface area (Å²) in [5, 5.41) is 0. The maximum Gasteiger partial charge on any atom is 0.305 e. The van der Waals surface area contributed by atoms with Crippen LogP contribution in [0.2, 0.25) is 0 Å². The predicted molar refractivity (Wildman–Crippen MR) is 96.1 cm³/mol. The smallest absolute Gasteiger partial charge is 0.305 e. The molecule has 22 heavy (non-hydrogen) atoms. The Morgan fingerprint density at radius 2 is 1.18 bits per heavy atom. The lowest BCUT2D eigenvalue weighted by molar-refractivity contribution is -0.148. The summed E-state index contributed by atoms with van der Waals surface area (Å²) in [4.78, 5) is 12.0. The van der Waals surface area contributed by atoms with E-state index >= 15 is 0 Å². The topological polar surface area (TPSA) is 26.3 Å². The van der Waals surface area contributed by atoms with Crippen LogP contribution in [0.25, 0.3) is 0 Å². The molecule has 2 heteroatoms. The third kappa shape index (κ3) is 10.2. The number of hydrogen-bond donors (Lipinski definition) is 0. The summed E-state index contributed by atoms with van der Waals surface area (Å²) in [5.41, 5.74) is 0.239. The molecule has 0 spiro atoms. The molecule has 0 N–H and O–H groups in total. The summed E-state index contributed by atoms with van der Waals surface area (Å²) in [5.74, 6) is 0.0160. The normalized spacial score (nSPS) is 11.6. The van der Waals surface area contributed by atoms with E-state index in [4.69, 9.17) is 4.74 Å². The molecule has 0 aromatic rings. The first-order valence-electron chi connectivity index (χ1n) is 9.79. The maximum absolute atomic E-state index is 12.0. The van der Waals surface area contributed by atoms with Gasteiger partial charge in [-0.1, -0.05) is 79.1 Å². The minimum absolute atomic E-state index is 0.0160. The zero-order valence-electron chi connectivity index (χ0n) is 15.7. The van der Waals surface area contributed by atoms with Gasteiger partial charge in [-0.15, -0.1) is 0 Å². The van der Waals surface area contributed by atoms with E-state index in [0.29, 0.717) is 13.0 Å². The third-order valence-electron chi connectivity index (χ3n) is 4.71. The Labute approximate surface area is 139 Å². The van der Waals surface area contributed by atoms with Crippen LogP contribution >= 0.6 is 0 Å². The molecule has 0 aromatic carbocycles. The first-order chi connectivity index (χ1) is 10.6. The van der Waals surface area contributed by atoms with E-state index in [1.807, 2.05) is 0 Å². The summed E-state index contributed by atoms with van der Waals surface area (Å²) in [6, 6.07) is 0. The standard InChI is InChI=1S/C20H40O2/c1-5-9-13-14-19(21)22-18-20(15-10-6-2,16-11-7-3)17-12-8-4/h5-18H2,1-4H3. The molecule has 0 aromatic heterocycles. The van der Waals surface area contributed by atoms with Crippen molar-refractivity contribution in [3.05, 3.63) is 0 Å². The van der Waals surface area contributed by atoms with Crippen LogP contribution in [-0.2, 0) is 9.53 Å². The molecule has 0 atom stereocenters. The molecular formula is C20H40O2. The number of ether oxygens (including phenoxy) is 1. The molecular weight excluding hydrogens is 272 g/mol. The van der Waals surface area contributed by atoms with Gasteiger partial charge in [0.05, 0.1) is 6.61 Å². The molecule has 0 bridgehead atoms. The molecule has 0 aliphatic carbocycles. The van der Waals surface area contributed by atoms with Crippen LogP contribution in [0.1, 0.15) is 111 Å². The van der Waals surface area contributed by atoms with E-state index in [2.05, 4.69) is 27.7 Å². The molecule has 0 amide bonds. The molecule has 0 aliphatic rings. The highest BCUT2D eigenvalue weighted by Crippen LogP contribution is 2.37. The first-order valence-corrected chi connectivity index (χ1v) is 9.79. The van der Waals surface area contributed by atoms with E-state index in [9.17, 15) is 4.79 Å². The molecule has 0 unspecified atom stereocenters. The molecule has 0 rings (SSSR count). The van der Waals surface area contributed by atoms with E-state index in [1.54, 1.807) is 0 Å². The lowest BCUT2D eigenvalue weighted by Crippen LogP contribution is -2.29. The van der Waals surface area contributed by atoms with E-state index in [0.717, 1.165) is 19.3 Å². The van der Waals surface area contributed by atoms with Gasteiger partial charge in [-0.25, -0.2) is 0 Å². The number of carbonyl (C=O) groups is 1. The summed E-state index contributed by atoms with van der Waals surface area (Å²) < 4.78 is 5.71. The van der Waals surface area contributed by atoms with Crippen LogP contribution in [0, 0.1) is 5.41 Å². The lowest BCUT2D eigenvalue weighted by atomic mass is 9.75. The summed E-state index contributed by atoms with van der Waals surface area (Å²) in [7, 11) is 0. The van der Waals surface area contributed by atoms with Gasteiger partial charge in [0.1, 0.15) is 0 Å². The first kappa shape index (κ1) is 21.5. The predicted octanol–water partition coefficient (Wildman–Crippen LogP) is 6.67. The Bertz CT molecular complexity index is 239. The monoisotopic (exact) mass is 312 g/mol. The Hall–Kier alpha value is -0.530. The second kappa shape index (κ2) is 14.1. The molecule has 0 saturated heterocycles. The van der Waals surface area contributed by atoms with E-state index in [1.165, 1.54) is 57.8 Å². The number of rotatable bonds is 15. The van der Waals surface area contributed by atoms with Crippen LogP contribution in [0.15, 0.2) is 0 Å². The Morgan fingerprint density at radius 1 is 0.727 bits per heavy atom. The van der Waals surface area contributed by atoms with Crippen molar-refractivity contribution in [2.75, 3.05) is 6.61 Å². The van der Waals surface area contributed by atoms with Gasteiger partial charge >= 0.3 is 5.97 Å². The van der Waals surface area contributed by atoms with Gasteiger partial charge < -0.3 is 4.74 Å². The quantitative estimate of drug-likeness (QED) is 0.249. The van der Waals surface area contributed by atoms with Gasteiger partial charge in [0, 0.05) is 11.8 Å². The Morgan fingerprint density at radius 3 is 1.59 bits per heavy atom. The zero-order chi connectivity index (χ0) is 16.7. The van der Waals surface area contributed by atoms with Crippen molar-refractivity contribution in [1.29, 1.82) is 0 Å². The van der Waals surface area contributed by atoms with Crippen LogP contribution in [0.3, 0.4) is 0 Å². The molecule has 0 fully saturated rings. The van der Waals surface area contributed by atoms with Crippen molar-refractivity contribution >= 4 is 5.97 Å². The highest BCUT2D eigenvalue weighted by Gasteiger charge is 2.30.